The lowest BCUT2D eigenvalue weighted by Crippen LogP contribution is -2.19. The van der Waals surface area contributed by atoms with Gasteiger partial charge in [-0.1, -0.05) is 19.8 Å². The number of unbranched alkanes of at least 4 members (excludes halogenated alkanes) is 2. The molecule has 17 heavy (non-hydrogen) atoms. The molecule has 1 fully saturated rings. The summed E-state index contributed by atoms with van der Waals surface area (Å²) in [7, 11) is 0. The molecular weight excluding hydrogens is 214 g/mol. The topological polar surface area (TPSA) is 38.3 Å². The first-order valence-corrected chi connectivity index (χ1v) is 7.16. The van der Waals surface area contributed by atoms with Gasteiger partial charge >= 0.3 is 5.97 Å². The summed E-state index contributed by atoms with van der Waals surface area (Å²) in [5.41, 5.74) is 0. The molecule has 1 aliphatic carbocycles. The minimum Gasteiger partial charge on any atom is -0.466 e. The Labute approximate surface area is 105 Å². The molecule has 0 bridgehead atoms. The molecule has 0 aromatic heterocycles. The molecule has 0 saturated heterocycles. The van der Waals surface area contributed by atoms with Crippen LogP contribution >= 0.6 is 0 Å². The minimum atomic E-state index is -0.0503. The van der Waals surface area contributed by atoms with Gasteiger partial charge in [0.2, 0.25) is 0 Å². The third-order valence-corrected chi connectivity index (χ3v) is 3.35. The van der Waals surface area contributed by atoms with E-state index < -0.39 is 0 Å². The first-order valence-electron chi connectivity index (χ1n) is 7.16. The van der Waals surface area contributed by atoms with Crippen molar-refractivity contribution in [2.24, 2.45) is 5.92 Å². The highest BCUT2D eigenvalue weighted by atomic mass is 16.5. The van der Waals surface area contributed by atoms with Crippen LogP contribution in [0.1, 0.15) is 58.8 Å². The summed E-state index contributed by atoms with van der Waals surface area (Å²) in [4.78, 5) is 11.1. The number of ether oxygens (including phenoxy) is 1. The zero-order chi connectivity index (χ0) is 12.5. The second kappa shape index (κ2) is 8.51. The smallest absolute Gasteiger partial charge is 0.305 e. The fourth-order valence-electron chi connectivity index (χ4n) is 2.28. The molecule has 0 radical (unpaired) electrons. The molecule has 1 rings (SSSR count). The van der Waals surface area contributed by atoms with E-state index in [1.54, 1.807) is 0 Å². The van der Waals surface area contributed by atoms with Gasteiger partial charge in [0.15, 0.2) is 0 Å². The standard InChI is InChI=1S/C14H27NO2/c1-3-8-12-11-13(12)15-10-7-5-6-9-14(16)17-4-2/h12-13,15H,3-11H2,1-2H3. The van der Waals surface area contributed by atoms with E-state index in [-0.39, 0.29) is 5.97 Å². The van der Waals surface area contributed by atoms with Crippen LogP contribution in [0.25, 0.3) is 0 Å². The van der Waals surface area contributed by atoms with Gasteiger partial charge in [0, 0.05) is 12.5 Å². The van der Waals surface area contributed by atoms with Crippen molar-refractivity contribution in [3.8, 4) is 0 Å². The van der Waals surface area contributed by atoms with Gasteiger partial charge in [0.05, 0.1) is 6.61 Å². The zero-order valence-electron chi connectivity index (χ0n) is 11.3. The zero-order valence-corrected chi connectivity index (χ0v) is 11.3. The van der Waals surface area contributed by atoms with Crippen molar-refractivity contribution in [3.63, 3.8) is 0 Å². The summed E-state index contributed by atoms with van der Waals surface area (Å²) in [6.45, 7) is 5.71. The minimum absolute atomic E-state index is 0.0503. The van der Waals surface area contributed by atoms with Crippen LogP contribution in [0.5, 0.6) is 0 Å². The molecule has 0 spiro atoms. The number of nitrogens with one attached hydrogen (secondary N) is 1. The van der Waals surface area contributed by atoms with E-state index in [1.165, 1.54) is 25.7 Å². The quantitative estimate of drug-likeness (QED) is 0.472. The molecule has 0 heterocycles. The van der Waals surface area contributed by atoms with Crippen molar-refractivity contribution in [2.45, 2.75) is 64.8 Å². The number of rotatable bonds is 10. The third-order valence-electron chi connectivity index (χ3n) is 3.35. The lowest BCUT2D eigenvalue weighted by Gasteiger charge is -2.04. The van der Waals surface area contributed by atoms with E-state index in [9.17, 15) is 4.79 Å². The van der Waals surface area contributed by atoms with Gasteiger partial charge in [0.25, 0.3) is 0 Å². The van der Waals surface area contributed by atoms with Crippen molar-refractivity contribution in [1.82, 2.24) is 5.32 Å². The Morgan fingerprint density at radius 2 is 2.12 bits per heavy atom. The maximum Gasteiger partial charge on any atom is 0.305 e. The van der Waals surface area contributed by atoms with Crippen LogP contribution in [-0.2, 0) is 9.53 Å². The van der Waals surface area contributed by atoms with Gasteiger partial charge in [-0.3, -0.25) is 4.79 Å². The van der Waals surface area contributed by atoms with Gasteiger partial charge in [-0.25, -0.2) is 0 Å². The molecule has 0 aromatic carbocycles. The van der Waals surface area contributed by atoms with Crippen LogP contribution < -0.4 is 5.32 Å². The molecule has 2 unspecified atom stereocenters. The molecule has 3 nitrogen and oxygen atoms in total. The Balaban J connectivity index is 1.81. The van der Waals surface area contributed by atoms with Crippen LogP contribution in [0.3, 0.4) is 0 Å². The fraction of sp³-hybridized carbons (Fsp3) is 0.929. The van der Waals surface area contributed by atoms with E-state index in [0.29, 0.717) is 13.0 Å². The summed E-state index contributed by atoms with van der Waals surface area (Å²) in [6, 6.07) is 0.792. The van der Waals surface area contributed by atoms with Crippen LogP contribution in [0.2, 0.25) is 0 Å². The Bertz CT molecular complexity index is 218. The maximum absolute atomic E-state index is 11.1. The van der Waals surface area contributed by atoms with Crippen molar-refractivity contribution in [3.05, 3.63) is 0 Å². The third kappa shape index (κ3) is 6.67. The Hall–Kier alpha value is -0.570. The number of carbonyl (C=O) groups is 1. The predicted octanol–water partition coefficient (Wildman–Crippen LogP) is 2.89. The van der Waals surface area contributed by atoms with Crippen molar-refractivity contribution in [2.75, 3.05) is 13.2 Å². The average Bonchev–Trinajstić information content (AvgIpc) is 3.03. The lowest BCUT2D eigenvalue weighted by atomic mass is 10.2. The Kier molecular flexibility index (Phi) is 7.25. The number of hydrogen-bond acceptors (Lipinski definition) is 3. The highest BCUT2D eigenvalue weighted by Crippen LogP contribution is 2.34. The first kappa shape index (κ1) is 14.5. The Morgan fingerprint density at radius 1 is 1.29 bits per heavy atom. The van der Waals surface area contributed by atoms with E-state index in [1.807, 2.05) is 6.92 Å². The van der Waals surface area contributed by atoms with Crippen molar-refractivity contribution >= 4 is 5.97 Å². The van der Waals surface area contributed by atoms with Crippen molar-refractivity contribution < 1.29 is 9.53 Å². The lowest BCUT2D eigenvalue weighted by molar-refractivity contribution is -0.143. The second-order valence-corrected chi connectivity index (χ2v) is 4.96. The number of carbonyl (C=O) groups excluding carboxylic acids is 1. The highest BCUT2D eigenvalue weighted by Gasteiger charge is 2.34. The summed E-state index contributed by atoms with van der Waals surface area (Å²) in [5.74, 6) is 0.894. The fourth-order valence-corrected chi connectivity index (χ4v) is 2.28. The normalized spacial score (nSPS) is 22.5. The molecule has 1 saturated carbocycles. The van der Waals surface area contributed by atoms with Crippen LogP contribution in [0.4, 0.5) is 0 Å². The SMILES string of the molecule is CCCC1CC1NCCCCCC(=O)OCC. The molecule has 0 amide bonds. The predicted molar refractivity (Wildman–Crippen MR) is 69.9 cm³/mol. The monoisotopic (exact) mass is 241 g/mol. The molecule has 1 N–H and O–H groups in total. The summed E-state index contributed by atoms with van der Waals surface area (Å²) in [6.07, 6.45) is 7.89. The summed E-state index contributed by atoms with van der Waals surface area (Å²) < 4.78 is 4.88. The highest BCUT2D eigenvalue weighted by molar-refractivity contribution is 5.69. The molecule has 3 heteroatoms. The molecule has 2 atom stereocenters. The number of esters is 1. The average molecular weight is 241 g/mol. The molecule has 0 aromatic rings. The molecule has 100 valence electrons. The van der Waals surface area contributed by atoms with E-state index in [0.717, 1.165) is 31.3 Å². The molecular formula is C14H27NO2. The Morgan fingerprint density at radius 3 is 2.82 bits per heavy atom. The molecule has 1 aliphatic rings. The maximum atomic E-state index is 11.1. The second-order valence-electron chi connectivity index (χ2n) is 4.96. The molecule has 0 aliphatic heterocycles. The van der Waals surface area contributed by atoms with Gasteiger partial charge in [0.1, 0.15) is 0 Å². The van der Waals surface area contributed by atoms with E-state index >= 15 is 0 Å². The number of hydrogen-bond donors (Lipinski definition) is 1. The van der Waals surface area contributed by atoms with E-state index in [4.69, 9.17) is 4.74 Å². The van der Waals surface area contributed by atoms with Gasteiger partial charge in [-0.15, -0.1) is 0 Å². The van der Waals surface area contributed by atoms with E-state index in [2.05, 4.69) is 12.2 Å². The van der Waals surface area contributed by atoms with Crippen molar-refractivity contribution in [1.29, 1.82) is 0 Å². The first-order chi connectivity index (χ1) is 8.27. The van der Waals surface area contributed by atoms with Gasteiger partial charge < -0.3 is 10.1 Å². The summed E-state index contributed by atoms with van der Waals surface area (Å²) in [5, 5.41) is 3.59. The van der Waals surface area contributed by atoms with Gasteiger partial charge in [-0.2, -0.15) is 0 Å². The van der Waals surface area contributed by atoms with Gasteiger partial charge in [-0.05, 0) is 45.1 Å². The van der Waals surface area contributed by atoms with Crippen LogP contribution in [0, 0.1) is 5.92 Å². The largest absolute Gasteiger partial charge is 0.466 e. The summed E-state index contributed by atoms with van der Waals surface area (Å²) >= 11 is 0. The van der Waals surface area contributed by atoms with Crippen LogP contribution in [0.15, 0.2) is 0 Å². The van der Waals surface area contributed by atoms with Crippen LogP contribution in [-0.4, -0.2) is 25.2 Å².